The number of hydrogen-bond donors (Lipinski definition) is 1. The number of anilines is 2. The Morgan fingerprint density at radius 2 is 1.80 bits per heavy atom. The van der Waals surface area contributed by atoms with E-state index in [1.54, 1.807) is 43.3 Å². The average Bonchev–Trinajstić information content (AvgIpc) is 2.99. The van der Waals surface area contributed by atoms with Crippen LogP contribution in [-0.4, -0.2) is 71.0 Å². The molecule has 9 heteroatoms. The van der Waals surface area contributed by atoms with Gasteiger partial charge in [-0.3, -0.25) is 19.5 Å². The van der Waals surface area contributed by atoms with Gasteiger partial charge in [-0.15, -0.1) is 0 Å². The molecule has 0 atom stereocenters. The van der Waals surface area contributed by atoms with Gasteiger partial charge in [0, 0.05) is 37.7 Å². The minimum Gasteiger partial charge on any atom is -0.379 e. The molecule has 0 saturated carbocycles. The van der Waals surface area contributed by atoms with Crippen molar-refractivity contribution in [2.75, 3.05) is 43.1 Å². The van der Waals surface area contributed by atoms with Crippen LogP contribution in [-0.2, 0) is 20.9 Å². The van der Waals surface area contributed by atoms with Crippen molar-refractivity contribution >= 4 is 29.2 Å². The van der Waals surface area contributed by atoms with E-state index in [4.69, 9.17) is 4.74 Å². The number of morpholine rings is 1. The predicted octanol–water partition coefficient (Wildman–Crippen LogP) is 3.22. The highest BCUT2D eigenvalue weighted by Gasteiger charge is 2.51. The van der Waals surface area contributed by atoms with Crippen LogP contribution < -0.4 is 10.2 Å². The van der Waals surface area contributed by atoms with Crippen LogP contribution in [0.25, 0.3) is 0 Å². The van der Waals surface area contributed by atoms with Gasteiger partial charge in [-0.25, -0.2) is 9.69 Å². The molecule has 2 saturated heterocycles. The summed E-state index contributed by atoms with van der Waals surface area (Å²) in [7, 11) is 0. The van der Waals surface area contributed by atoms with Crippen molar-refractivity contribution in [1.29, 1.82) is 0 Å². The van der Waals surface area contributed by atoms with E-state index >= 15 is 0 Å². The highest BCUT2D eigenvalue weighted by molar-refractivity contribution is 6.23. The van der Waals surface area contributed by atoms with Crippen LogP contribution in [0.1, 0.15) is 44.7 Å². The van der Waals surface area contributed by atoms with E-state index in [2.05, 4.69) is 10.3 Å². The van der Waals surface area contributed by atoms with Gasteiger partial charge in [-0.2, -0.15) is 0 Å². The largest absolute Gasteiger partial charge is 0.379 e. The van der Waals surface area contributed by atoms with Crippen molar-refractivity contribution in [3.63, 3.8) is 0 Å². The summed E-state index contributed by atoms with van der Waals surface area (Å²) >= 11 is 0. The molecule has 0 aliphatic carbocycles. The lowest BCUT2D eigenvalue weighted by Gasteiger charge is -2.27. The molecule has 4 amide bonds. The zero-order valence-corrected chi connectivity index (χ0v) is 20.8. The molecule has 1 N–H and O–H groups in total. The monoisotopic (exact) mass is 479 g/mol. The second-order valence-electron chi connectivity index (χ2n) is 9.79. The average molecular weight is 480 g/mol. The van der Waals surface area contributed by atoms with E-state index in [0.717, 1.165) is 11.1 Å². The number of aromatic nitrogens is 1. The summed E-state index contributed by atoms with van der Waals surface area (Å²) in [4.78, 5) is 48.5. The van der Waals surface area contributed by atoms with Gasteiger partial charge in [0.15, 0.2) is 0 Å². The van der Waals surface area contributed by atoms with E-state index in [9.17, 15) is 14.4 Å². The Labute approximate surface area is 206 Å². The second kappa shape index (κ2) is 10.1. The van der Waals surface area contributed by atoms with Gasteiger partial charge in [0.2, 0.25) is 5.91 Å². The van der Waals surface area contributed by atoms with Gasteiger partial charge in [0.05, 0.1) is 25.4 Å². The van der Waals surface area contributed by atoms with Crippen LogP contribution in [0.2, 0.25) is 0 Å². The fourth-order valence-corrected chi connectivity index (χ4v) is 4.45. The zero-order valence-electron chi connectivity index (χ0n) is 20.8. The number of nitrogens with zero attached hydrogens (tertiary/aromatic N) is 4. The fourth-order valence-electron chi connectivity index (χ4n) is 4.45. The molecule has 3 heterocycles. The Kier molecular flexibility index (Phi) is 7.18. The lowest BCUT2D eigenvalue weighted by molar-refractivity contribution is -0.123. The minimum atomic E-state index is -1.02. The van der Waals surface area contributed by atoms with Gasteiger partial charge in [-0.05, 0) is 55.2 Å². The molecule has 0 bridgehead atoms. The van der Waals surface area contributed by atoms with Crippen LogP contribution in [0.4, 0.5) is 16.2 Å². The van der Waals surface area contributed by atoms with Crippen LogP contribution in [0, 0.1) is 0 Å². The van der Waals surface area contributed by atoms with Gasteiger partial charge >= 0.3 is 6.03 Å². The first kappa shape index (κ1) is 24.8. The first-order valence-electron chi connectivity index (χ1n) is 12.0. The van der Waals surface area contributed by atoms with Crippen LogP contribution in [0.15, 0.2) is 42.7 Å². The third kappa shape index (κ3) is 5.21. The number of urea groups is 1. The molecule has 35 heavy (non-hydrogen) atoms. The SMILES string of the molecule is CC(C)c1ccc(N2C(=O)N(Cc3ccncc3)C(C)(C)C2=O)cc1NC(=O)CN1CCOCC1. The second-order valence-corrected chi connectivity index (χ2v) is 9.79. The Bertz CT molecular complexity index is 1100. The van der Waals surface area contributed by atoms with E-state index in [1.165, 1.54) is 4.90 Å². The number of carbonyl (C=O) groups is 3. The minimum absolute atomic E-state index is 0.135. The Morgan fingerprint density at radius 1 is 1.11 bits per heavy atom. The Hall–Kier alpha value is -3.30. The number of imide groups is 1. The summed E-state index contributed by atoms with van der Waals surface area (Å²) in [6.07, 6.45) is 3.33. The Balaban J connectivity index is 1.59. The number of pyridine rings is 1. The van der Waals surface area contributed by atoms with Crippen LogP contribution in [0.5, 0.6) is 0 Å². The van der Waals surface area contributed by atoms with Gasteiger partial charge < -0.3 is 15.0 Å². The molecule has 2 aromatic rings. The zero-order chi connectivity index (χ0) is 25.2. The number of rotatable bonds is 7. The van der Waals surface area contributed by atoms with Crippen molar-refractivity contribution in [1.82, 2.24) is 14.8 Å². The van der Waals surface area contributed by atoms with Gasteiger partial charge in [0.25, 0.3) is 5.91 Å². The molecule has 2 aliphatic heterocycles. The van der Waals surface area contributed by atoms with Crippen molar-refractivity contribution < 1.29 is 19.1 Å². The lowest BCUT2D eigenvalue weighted by Crippen LogP contribution is -2.43. The summed E-state index contributed by atoms with van der Waals surface area (Å²) in [5.74, 6) is -0.295. The normalized spacial score (nSPS) is 18.4. The maximum Gasteiger partial charge on any atom is 0.332 e. The van der Waals surface area contributed by atoms with E-state index in [-0.39, 0.29) is 30.3 Å². The van der Waals surface area contributed by atoms with E-state index in [1.807, 2.05) is 36.9 Å². The van der Waals surface area contributed by atoms with Crippen molar-refractivity contribution in [2.45, 2.75) is 45.7 Å². The first-order valence-corrected chi connectivity index (χ1v) is 12.0. The van der Waals surface area contributed by atoms with E-state index in [0.29, 0.717) is 44.2 Å². The summed E-state index contributed by atoms with van der Waals surface area (Å²) in [6.45, 7) is 10.8. The standard InChI is InChI=1S/C26H33N5O4/c1-18(2)21-6-5-20(15-22(21)28-23(32)17-29-11-13-35-14-12-29)31-24(33)26(3,4)30(25(31)34)16-19-7-9-27-10-8-19/h5-10,15,18H,11-14,16-17H2,1-4H3,(H,28,32). The molecule has 1 aromatic heterocycles. The lowest BCUT2D eigenvalue weighted by atomic mass is 9.99. The molecule has 2 fully saturated rings. The molecule has 0 spiro atoms. The third-order valence-electron chi connectivity index (χ3n) is 6.58. The maximum atomic E-state index is 13.5. The van der Waals surface area contributed by atoms with Crippen molar-refractivity contribution in [2.24, 2.45) is 0 Å². The molecule has 2 aliphatic rings. The van der Waals surface area contributed by atoms with Crippen LogP contribution >= 0.6 is 0 Å². The maximum absolute atomic E-state index is 13.5. The summed E-state index contributed by atoms with van der Waals surface area (Å²) in [5.41, 5.74) is 1.87. The van der Waals surface area contributed by atoms with Gasteiger partial charge in [0.1, 0.15) is 5.54 Å². The topological polar surface area (TPSA) is 95.1 Å². The third-order valence-corrected chi connectivity index (χ3v) is 6.58. The van der Waals surface area contributed by atoms with E-state index < -0.39 is 5.54 Å². The molecule has 4 rings (SSSR count). The molecule has 186 valence electrons. The number of ether oxygens (including phenoxy) is 1. The summed E-state index contributed by atoms with van der Waals surface area (Å²) < 4.78 is 5.36. The smallest absolute Gasteiger partial charge is 0.332 e. The number of amides is 4. The number of carbonyl (C=O) groups excluding carboxylic acids is 3. The predicted molar refractivity (Wildman–Crippen MR) is 133 cm³/mol. The first-order chi connectivity index (χ1) is 16.7. The highest BCUT2D eigenvalue weighted by atomic mass is 16.5. The molecule has 9 nitrogen and oxygen atoms in total. The number of benzene rings is 1. The molecule has 0 unspecified atom stereocenters. The van der Waals surface area contributed by atoms with Crippen molar-refractivity contribution in [3.05, 3.63) is 53.9 Å². The molecule has 0 radical (unpaired) electrons. The summed E-state index contributed by atoms with van der Waals surface area (Å²) in [6, 6.07) is 8.65. The summed E-state index contributed by atoms with van der Waals surface area (Å²) in [5, 5.41) is 3.01. The highest BCUT2D eigenvalue weighted by Crippen LogP contribution is 2.36. The molecular weight excluding hydrogens is 446 g/mol. The Morgan fingerprint density at radius 3 is 2.46 bits per heavy atom. The van der Waals surface area contributed by atoms with Crippen molar-refractivity contribution in [3.8, 4) is 0 Å². The molecular formula is C26H33N5O4. The van der Waals surface area contributed by atoms with Crippen LogP contribution in [0.3, 0.4) is 0 Å². The quantitative estimate of drug-likeness (QED) is 0.613. The number of nitrogens with one attached hydrogen (secondary N) is 1. The number of hydrogen-bond acceptors (Lipinski definition) is 6. The fraction of sp³-hybridized carbons (Fsp3) is 0.462. The van der Waals surface area contributed by atoms with Gasteiger partial charge in [-0.1, -0.05) is 19.9 Å². The molecule has 1 aromatic carbocycles.